The highest BCUT2D eigenvalue weighted by Gasteiger charge is 2.18. The molecule has 0 aliphatic heterocycles. The lowest BCUT2D eigenvalue weighted by molar-refractivity contribution is -0.148. The van der Waals surface area contributed by atoms with Crippen LogP contribution in [0.25, 0.3) is 0 Å². The summed E-state index contributed by atoms with van der Waals surface area (Å²) in [5, 5.41) is 0. The summed E-state index contributed by atoms with van der Waals surface area (Å²) < 4.78 is 5.17. The molecule has 2 heteroatoms. The molecular weight excluding hydrogens is 140 g/mol. The first kappa shape index (κ1) is 8.57. The Morgan fingerprint density at radius 2 is 2.09 bits per heavy atom. The third kappa shape index (κ3) is 2.91. The van der Waals surface area contributed by atoms with Crippen LogP contribution in [0, 0.1) is 6.92 Å². The van der Waals surface area contributed by atoms with Gasteiger partial charge in [-0.2, -0.15) is 0 Å². The Labute approximate surface area is 67.9 Å². The third-order valence-electron chi connectivity index (χ3n) is 1.98. The van der Waals surface area contributed by atoms with Gasteiger partial charge in [-0.3, -0.25) is 4.79 Å². The van der Waals surface area contributed by atoms with Crippen LogP contribution in [0.2, 0.25) is 0 Å². The van der Waals surface area contributed by atoms with E-state index in [1.165, 1.54) is 12.8 Å². The monoisotopic (exact) mass is 155 g/mol. The molecule has 1 fully saturated rings. The van der Waals surface area contributed by atoms with Gasteiger partial charge >= 0.3 is 5.97 Å². The normalized spacial score (nSPS) is 18.6. The van der Waals surface area contributed by atoms with Crippen molar-refractivity contribution in [2.24, 2.45) is 0 Å². The first-order valence-electron chi connectivity index (χ1n) is 4.31. The second-order valence-electron chi connectivity index (χ2n) is 3.00. The quantitative estimate of drug-likeness (QED) is 0.583. The number of rotatable bonds is 3. The van der Waals surface area contributed by atoms with E-state index in [1.54, 1.807) is 0 Å². The van der Waals surface area contributed by atoms with Crippen LogP contribution >= 0.6 is 0 Å². The molecule has 0 unspecified atom stereocenters. The summed E-state index contributed by atoms with van der Waals surface area (Å²) in [4.78, 5) is 10.9. The minimum atomic E-state index is -0.0769. The molecule has 0 spiro atoms. The number of carbonyl (C=O) groups is 1. The van der Waals surface area contributed by atoms with Crippen molar-refractivity contribution in [3.8, 4) is 0 Å². The SMILES string of the molecule is [CH2]CCC(=O)OC1CCCC1. The van der Waals surface area contributed by atoms with Crippen LogP contribution in [0.5, 0.6) is 0 Å². The number of hydrogen-bond donors (Lipinski definition) is 0. The molecule has 0 saturated heterocycles. The molecular formula is C9H15O2. The summed E-state index contributed by atoms with van der Waals surface area (Å²) >= 11 is 0. The van der Waals surface area contributed by atoms with E-state index in [4.69, 9.17) is 4.74 Å². The van der Waals surface area contributed by atoms with Gasteiger partial charge < -0.3 is 4.74 Å². The zero-order chi connectivity index (χ0) is 8.10. The second-order valence-corrected chi connectivity index (χ2v) is 3.00. The van der Waals surface area contributed by atoms with Crippen molar-refractivity contribution in [2.75, 3.05) is 0 Å². The van der Waals surface area contributed by atoms with Crippen LogP contribution in [-0.4, -0.2) is 12.1 Å². The highest BCUT2D eigenvalue weighted by molar-refractivity contribution is 5.69. The lowest BCUT2D eigenvalue weighted by Crippen LogP contribution is -2.13. The molecule has 1 rings (SSSR count). The predicted octanol–water partition coefficient (Wildman–Crippen LogP) is 2.09. The van der Waals surface area contributed by atoms with Crippen LogP contribution in [0.15, 0.2) is 0 Å². The van der Waals surface area contributed by atoms with Crippen molar-refractivity contribution in [1.29, 1.82) is 0 Å². The highest BCUT2D eigenvalue weighted by atomic mass is 16.5. The van der Waals surface area contributed by atoms with Crippen molar-refractivity contribution in [3.05, 3.63) is 6.92 Å². The molecule has 0 atom stereocenters. The summed E-state index contributed by atoms with van der Waals surface area (Å²) in [6.45, 7) is 3.60. The molecule has 63 valence electrons. The molecule has 0 amide bonds. The molecule has 1 radical (unpaired) electrons. The standard InChI is InChI=1S/C9H15O2/c1-2-5-9(10)11-8-6-3-4-7-8/h8H,1-7H2. The van der Waals surface area contributed by atoms with E-state index in [0.29, 0.717) is 12.8 Å². The van der Waals surface area contributed by atoms with Crippen LogP contribution in [0.1, 0.15) is 38.5 Å². The van der Waals surface area contributed by atoms with E-state index in [-0.39, 0.29) is 12.1 Å². The fourth-order valence-electron chi connectivity index (χ4n) is 1.40. The Bertz CT molecular complexity index is 126. The predicted molar refractivity (Wildman–Crippen MR) is 42.9 cm³/mol. The molecule has 11 heavy (non-hydrogen) atoms. The minimum absolute atomic E-state index is 0.0769. The van der Waals surface area contributed by atoms with Gasteiger partial charge in [0.25, 0.3) is 0 Å². The Kier molecular flexibility index (Phi) is 3.40. The van der Waals surface area contributed by atoms with Crippen molar-refractivity contribution < 1.29 is 9.53 Å². The molecule has 1 aliphatic rings. The van der Waals surface area contributed by atoms with E-state index < -0.39 is 0 Å². The fourth-order valence-corrected chi connectivity index (χ4v) is 1.40. The Morgan fingerprint density at radius 3 is 2.64 bits per heavy atom. The lowest BCUT2D eigenvalue weighted by atomic mass is 10.3. The van der Waals surface area contributed by atoms with Crippen molar-refractivity contribution in [2.45, 2.75) is 44.6 Å². The topological polar surface area (TPSA) is 26.3 Å². The number of hydrogen-bond acceptors (Lipinski definition) is 2. The Morgan fingerprint density at radius 1 is 1.45 bits per heavy atom. The van der Waals surface area contributed by atoms with Gasteiger partial charge in [-0.15, -0.1) is 0 Å². The van der Waals surface area contributed by atoms with Crippen molar-refractivity contribution >= 4 is 5.97 Å². The first-order chi connectivity index (χ1) is 5.33. The van der Waals surface area contributed by atoms with Gasteiger partial charge in [0.1, 0.15) is 6.10 Å². The molecule has 0 bridgehead atoms. The third-order valence-corrected chi connectivity index (χ3v) is 1.98. The maximum atomic E-state index is 10.9. The van der Waals surface area contributed by atoms with Crippen LogP contribution in [0.3, 0.4) is 0 Å². The fraction of sp³-hybridized carbons (Fsp3) is 0.778. The van der Waals surface area contributed by atoms with E-state index in [9.17, 15) is 4.79 Å². The van der Waals surface area contributed by atoms with Gasteiger partial charge in [-0.05, 0) is 32.1 Å². The summed E-state index contributed by atoms with van der Waals surface area (Å²) in [5.74, 6) is -0.0769. The second kappa shape index (κ2) is 4.37. The molecule has 0 heterocycles. The lowest BCUT2D eigenvalue weighted by Gasteiger charge is -2.09. The Balaban J connectivity index is 2.13. The molecule has 0 aromatic heterocycles. The van der Waals surface area contributed by atoms with Gasteiger partial charge in [-0.1, -0.05) is 6.92 Å². The largest absolute Gasteiger partial charge is 0.462 e. The molecule has 2 nitrogen and oxygen atoms in total. The van der Waals surface area contributed by atoms with Crippen LogP contribution in [0.4, 0.5) is 0 Å². The van der Waals surface area contributed by atoms with Gasteiger partial charge in [0, 0.05) is 6.42 Å². The van der Waals surface area contributed by atoms with Gasteiger partial charge in [0.05, 0.1) is 0 Å². The van der Waals surface area contributed by atoms with E-state index in [1.807, 2.05) is 0 Å². The van der Waals surface area contributed by atoms with Crippen LogP contribution in [-0.2, 0) is 9.53 Å². The number of ether oxygens (including phenoxy) is 1. The zero-order valence-corrected chi connectivity index (χ0v) is 6.84. The highest BCUT2D eigenvalue weighted by Crippen LogP contribution is 2.21. The summed E-state index contributed by atoms with van der Waals surface area (Å²) in [6, 6.07) is 0. The van der Waals surface area contributed by atoms with E-state index in [0.717, 1.165) is 12.8 Å². The summed E-state index contributed by atoms with van der Waals surface area (Å²) in [6.07, 6.45) is 5.87. The Hall–Kier alpha value is -0.530. The van der Waals surface area contributed by atoms with Crippen molar-refractivity contribution in [1.82, 2.24) is 0 Å². The average Bonchev–Trinajstić information content (AvgIpc) is 2.40. The minimum Gasteiger partial charge on any atom is -0.462 e. The average molecular weight is 155 g/mol. The smallest absolute Gasteiger partial charge is 0.306 e. The number of esters is 1. The molecule has 0 N–H and O–H groups in total. The summed E-state index contributed by atoms with van der Waals surface area (Å²) in [5.41, 5.74) is 0. The molecule has 0 aromatic rings. The van der Waals surface area contributed by atoms with Crippen LogP contribution < -0.4 is 0 Å². The maximum Gasteiger partial charge on any atom is 0.306 e. The van der Waals surface area contributed by atoms with Gasteiger partial charge in [-0.25, -0.2) is 0 Å². The molecule has 1 saturated carbocycles. The summed E-state index contributed by atoms with van der Waals surface area (Å²) in [7, 11) is 0. The first-order valence-corrected chi connectivity index (χ1v) is 4.31. The maximum absolute atomic E-state index is 10.9. The number of carbonyl (C=O) groups excluding carboxylic acids is 1. The van der Waals surface area contributed by atoms with Gasteiger partial charge in [0.15, 0.2) is 0 Å². The van der Waals surface area contributed by atoms with E-state index >= 15 is 0 Å². The molecule has 0 aromatic carbocycles. The zero-order valence-electron chi connectivity index (χ0n) is 6.84. The van der Waals surface area contributed by atoms with E-state index in [2.05, 4.69) is 6.92 Å². The molecule has 1 aliphatic carbocycles. The van der Waals surface area contributed by atoms with Gasteiger partial charge in [0.2, 0.25) is 0 Å². The van der Waals surface area contributed by atoms with Crippen molar-refractivity contribution in [3.63, 3.8) is 0 Å².